The lowest BCUT2D eigenvalue weighted by Gasteiger charge is -2.39. The normalized spacial score (nSPS) is 29.5. The van der Waals surface area contributed by atoms with E-state index >= 15 is 0 Å². The topological polar surface area (TPSA) is 35.6 Å². The molecule has 0 bridgehead atoms. The summed E-state index contributed by atoms with van der Waals surface area (Å²) in [5.41, 5.74) is -0.124. The van der Waals surface area contributed by atoms with Crippen molar-refractivity contribution in [2.24, 2.45) is 5.41 Å². The van der Waals surface area contributed by atoms with Crippen LogP contribution in [0.4, 0.5) is 0 Å². The predicted octanol–water partition coefficient (Wildman–Crippen LogP) is 0.706. The van der Waals surface area contributed by atoms with E-state index in [9.17, 15) is 4.79 Å². The molecule has 2 fully saturated rings. The molecule has 0 spiro atoms. The van der Waals surface area contributed by atoms with Crippen molar-refractivity contribution in [2.45, 2.75) is 19.8 Å². The van der Waals surface area contributed by atoms with Crippen molar-refractivity contribution in [3.05, 3.63) is 12.7 Å². The Morgan fingerprint density at radius 1 is 1.39 bits per heavy atom. The molecule has 0 saturated carbocycles. The molecule has 2 aliphatic rings. The van der Waals surface area contributed by atoms with Crippen molar-refractivity contribution in [1.29, 1.82) is 0 Å². The van der Waals surface area contributed by atoms with E-state index in [1.165, 1.54) is 0 Å². The summed E-state index contributed by atoms with van der Waals surface area (Å²) in [4.78, 5) is 17.1. The zero-order chi connectivity index (χ0) is 13.0. The fraction of sp³-hybridized carbons (Fsp3) is 0.786. The third-order valence-corrected chi connectivity index (χ3v) is 4.42. The SMILES string of the molecule is C=CCN1CCN(C(=O)C2(CC)CCNC2)CC1. The van der Waals surface area contributed by atoms with E-state index in [4.69, 9.17) is 0 Å². The van der Waals surface area contributed by atoms with Gasteiger partial charge < -0.3 is 10.2 Å². The van der Waals surface area contributed by atoms with Gasteiger partial charge in [0.15, 0.2) is 0 Å². The van der Waals surface area contributed by atoms with Crippen LogP contribution in [-0.4, -0.2) is 61.5 Å². The second-order valence-electron chi connectivity index (χ2n) is 5.44. The Balaban J connectivity index is 1.92. The molecule has 0 aliphatic carbocycles. The first-order chi connectivity index (χ1) is 8.72. The van der Waals surface area contributed by atoms with Gasteiger partial charge in [0.05, 0.1) is 5.41 Å². The molecule has 1 atom stereocenters. The van der Waals surface area contributed by atoms with Crippen molar-refractivity contribution in [3.63, 3.8) is 0 Å². The Morgan fingerprint density at radius 2 is 2.11 bits per heavy atom. The average Bonchev–Trinajstić information content (AvgIpc) is 2.89. The molecule has 0 aromatic carbocycles. The minimum absolute atomic E-state index is 0.124. The lowest BCUT2D eigenvalue weighted by molar-refractivity contribution is -0.143. The largest absolute Gasteiger partial charge is 0.340 e. The second-order valence-corrected chi connectivity index (χ2v) is 5.44. The Hall–Kier alpha value is -0.870. The number of carbonyl (C=O) groups is 1. The van der Waals surface area contributed by atoms with E-state index in [1.54, 1.807) is 0 Å². The van der Waals surface area contributed by atoms with E-state index in [1.807, 2.05) is 6.08 Å². The van der Waals surface area contributed by atoms with E-state index in [-0.39, 0.29) is 5.41 Å². The third-order valence-electron chi connectivity index (χ3n) is 4.42. The molecule has 1 N–H and O–H groups in total. The number of nitrogens with one attached hydrogen (secondary N) is 1. The quantitative estimate of drug-likeness (QED) is 0.747. The zero-order valence-electron chi connectivity index (χ0n) is 11.5. The van der Waals surface area contributed by atoms with Gasteiger partial charge in [-0.25, -0.2) is 0 Å². The fourth-order valence-electron chi connectivity index (χ4n) is 3.03. The van der Waals surface area contributed by atoms with E-state index in [0.717, 1.165) is 58.7 Å². The van der Waals surface area contributed by atoms with Crippen LogP contribution in [0.2, 0.25) is 0 Å². The molecule has 4 heteroatoms. The van der Waals surface area contributed by atoms with Crippen LogP contribution >= 0.6 is 0 Å². The van der Waals surface area contributed by atoms with Crippen molar-refractivity contribution >= 4 is 5.91 Å². The monoisotopic (exact) mass is 251 g/mol. The number of hydrogen-bond acceptors (Lipinski definition) is 3. The summed E-state index contributed by atoms with van der Waals surface area (Å²) in [5, 5.41) is 3.34. The third kappa shape index (κ3) is 2.59. The first-order valence-electron chi connectivity index (χ1n) is 7.05. The molecule has 2 aliphatic heterocycles. The van der Waals surface area contributed by atoms with Gasteiger partial charge in [0.1, 0.15) is 0 Å². The van der Waals surface area contributed by atoms with Gasteiger partial charge >= 0.3 is 0 Å². The van der Waals surface area contributed by atoms with Gasteiger partial charge in [0.25, 0.3) is 0 Å². The second kappa shape index (κ2) is 5.85. The van der Waals surface area contributed by atoms with Crippen LogP contribution < -0.4 is 5.32 Å². The molecule has 2 rings (SSSR count). The zero-order valence-corrected chi connectivity index (χ0v) is 11.5. The number of carbonyl (C=O) groups excluding carboxylic acids is 1. The van der Waals surface area contributed by atoms with E-state index in [2.05, 4.69) is 28.6 Å². The van der Waals surface area contributed by atoms with Crippen LogP contribution in [0, 0.1) is 5.41 Å². The number of nitrogens with zero attached hydrogens (tertiary/aromatic N) is 2. The van der Waals surface area contributed by atoms with Crippen LogP contribution in [0.3, 0.4) is 0 Å². The van der Waals surface area contributed by atoms with Gasteiger partial charge in [-0.1, -0.05) is 13.0 Å². The van der Waals surface area contributed by atoms with Crippen LogP contribution in [0.15, 0.2) is 12.7 Å². The van der Waals surface area contributed by atoms with E-state index < -0.39 is 0 Å². The predicted molar refractivity (Wildman–Crippen MR) is 73.4 cm³/mol. The lowest BCUT2D eigenvalue weighted by atomic mass is 9.82. The molecule has 1 unspecified atom stereocenters. The lowest BCUT2D eigenvalue weighted by Crippen LogP contribution is -2.53. The molecule has 4 nitrogen and oxygen atoms in total. The smallest absolute Gasteiger partial charge is 0.230 e. The summed E-state index contributed by atoms with van der Waals surface area (Å²) in [6.45, 7) is 12.4. The minimum atomic E-state index is -0.124. The summed E-state index contributed by atoms with van der Waals surface area (Å²) < 4.78 is 0. The van der Waals surface area contributed by atoms with Crippen LogP contribution in [-0.2, 0) is 4.79 Å². The number of amides is 1. The average molecular weight is 251 g/mol. The highest BCUT2D eigenvalue weighted by Crippen LogP contribution is 2.32. The first-order valence-corrected chi connectivity index (χ1v) is 7.05. The molecular weight excluding hydrogens is 226 g/mol. The molecule has 1 amide bonds. The Morgan fingerprint density at radius 3 is 2.61 bits per heavy atom. The van der Waals surface area contributed by atoms with Crippen molar-refractivity contribution < 1.29 is 4.79 Å². The minimum Gasteiger partial charge on any atom is -0.340 e. The van der Waals surface area contributed by atoms with Gasteiger partial charge in [0, 0.05) is 39.3 Å². The maximum absolute atomic E-state index is 12.7. The molecular formula is C14H25N3O. The van der Waals surface area contributed by atoms with Gasteiger partial charge in [-0.15, -0.1) is 6.58 Å². The fourth-order valence-corrected chi connectivity index (χ4v) is 3.03. The molecule has 18 heavy (non-hydrogen) atoms. The summed E-state index contributed by atoms with van der Waals surface area (Å²) in [5.74, 6) is 0.369. The standard InChI is InChI=1S/C14H25N3O/c1-3-7-16-8-10-17(11-9-16)13(18)14(4-2)5-6-15-12-14/h3,15H,1,4-12H2,2H3. The molecule has 2 saturated heterocycles. The van der Waals surface area contributed by atoms with Crippen LogP contribution in [0.5, 0.6) is 0 Å². The van der Waals surface area contributed by atoms with Crippen LogP contribution in [0.1, 0.15) is 19.8 Å². The highest BCUT2D eigenvalue weighted by Gasteiger charge is 2.42. The Bertz CT molecular complexity index is 302. The summed E-state index contributed by atoms with van der Waals surface area (Å²) in [6.07, 6.45) is 3.88. The maximum Gasteiger partial charge on any atom is 0.230 e. The maximum atomic E-state index is 12.7. The molecule has 102 valence electrons. The van der Waals surface area contributed by atoms with E-state index in [0.29, 0.717) is 5.91 Å². The molecule has 2 heterocycles. The Labute approximate surface area is 110 Å². The number of rotatable bonds is 4. The molecule has 0 aromatic rings. The van der Waals surface area contributed by atoms with Crippen molar-refractivity contribution in [2.75, 3.05) is 45.8 Å². The number of hydrogen-bond donors (Lipinski definition) is 1. The molecule has 0 aromatic heterocycles. The Kier molecular flexibility index (Phi) is 4.40. The van der Waals surface area contributed by atoms with Crippen molar-refractivity contribution in [1.82, 2.24) is 15.1 Å². The highest BCUT2D eigenvalue weighted by molar-refractivity contribution is 5.83. The summed E-state index contributed by atoms with van der Waals surface area (Å²) >= 11 is 0. The van der Waals surface area contributed by atoms with Gasteiger partial charge in [0.2, 0.25) is 5.91 Å². The van der Waals surface area contributed by atoms with Gasteiger partial charge in [-0.3, -0.25) is 9.69 Å². The first kappa shape index (κ1) is 13.6. The van der Waals surface area contributed by atoms with Crippen LogP contribution in [0.25, 0.3) is 0 Å². The number of piperazine rings is 1. The molecule has 0 radical (unpaired) electrons. The van der Waals surface area contributed by atoms with Gasteiger partial charge in [-0.05, 0) is 19.4 Å². The highest BCUT2D eigenvalue weighted by atomic mass is 16.2. The van der Waals surface area contributed by atoms with Gasteiger partial charge in [-0.2, -0.15) is 0 Å². The summed E-state index contributed by atoms with van der Waals surface area (Å²) in [7, 11) is 0. The van der Waals surface area contributed by atoms with Crippen molar-refractivity contribution in [3.8, 4) is 0 Å². The summed E-state index contributed by atoms with van der Waals surface area (Å²) in [6, 6.07) is 0.